The molecule has 0 atom stereocenters. The number of ether oxygens (including phenoxy) is 1. The highest BCUT2D eigenvalue weighted by Gasteiger charge is 2.24. The zero-order valence-corrected chi connectivity index (χ0v) is 22.7. The van der Waals surface area contributed by atoms with Crippen LogP contribution in [0.1, 0.15) is 54.0 Å². The summed E-state index contributed by atoms with van der Waals surface area (Å²) in [5.41, 5.74) is 3.77. The number of rotatable bonds is 6. The van der Waals surface area contributed by atoms with E-state index >= 15 is 0 Å². The Labute approximate surface area is 224 Å². The van der Waals surface area contributed by atoms with Crippen LogP contribution >= 0.6 is 0 Å². The molecule has 1 aromatic heterocycles. The number of hydrogen-bond acceptors (Lipinski definition) is 7. The average Bonchev–Trinajstić information content (AvgIpc) is 3.30. The number of anilines is 1. The largest absolute Gasteiger partial charge is 0.487 e. The molecule has 0 bridgehead atoms. The van der Waals surface area contributed by atoms with Crippen LogP contribution in [0.15, 0.2) is 53.2 Å². The molecule has 9 nitrogen and oxygen atoms in total. The van der Waals surface area contributed by atoms with Crippen LogP contribution < -0.4 is 9.64 Å². The third kappa shape index (κ3) is 6.98. The molecule has 0 saturated heterocycles. The van der Waals surface area contributed by atoms with Crippen LogP contribution in [-0.2, 0) is 17.9 Å². The third-order valence-corrected chi connectivity index (χ3v) is 6.71. The molecular formula is C29H37N5O4. The van der Waals surface area contributed by atoms with E-state index in [-0.39, 0.29) is 24.3 Å². The van der Waals surface area contributed by atoms with Gasteiger partial charge in [-0.05, 0) is 68.8 Å². The lowest BCUT2D eigenvalue weighted by Crippen LogP contribution is -2.37. The van der Waals surface area contributed by atoms with E-state index in [0.717, 1.165) is 30.8 Å². The first-order valence-corrected chi connectivity index (χ1v) is 13.2. The second-order valence-electron chi connectivity index (χ2n) is 10.3. The van der Waals surface area contributed by atoms with Crippen molar-refractivity contribution in [3.8, 4) is 5.75 Å². The second kappa shape index (κ2) is 12.7. The van der Waals surface area contributed by atoms with Gasteiger partial charge < -0.3 is 19.4 Å². The Morgan fingerprint density at radius 1 is 1.00 bits per heavy atom. The van der Waals surface area contributed by atoms with Crippen molar-refractivity contribution in [3.63, 3.8) is 0 Å². The van der Waals surface area contributed by atoms with Crippen LogP contribution in [0.25, 0.3) is 0 Å². The Hall–Kier alpha value is -3.72. The van der Waals surface area contributed by atoms with Gasteiger partial charge in [-0.15, -0.1) is 0 Å². The number of aryl methyl sites for hydroxylation is 1. The van der Waals surface area contributed by atoms with Crippen molar-refractivity contribution < 1.29 is 19.0 Å². The Balaban J connectivity index is 1.54. The van der Waals surface area contributed by atoms with E-state index < -0.39 is 0 Å². The minimum atomic E-state index is -0.0596. The van der Waals surface area contributed by atoms with Crippen LogP contribution in [0.3, 0.4) is 0 Å². The quantitative estimate of drug-likeness (QED) is 0.479. The van der Waals surface area contributed by atoms with Gasteiger partial charge in [0.15, 0.2) is 0 Å². The topological polar surface area (TPSA) is 92.0 Å². The molecule has 1 aliphatic heterocycles. The molecule has 2 amide bonds. The summed E-state index contributed by atoms with van der Waals surface area (Å²) in [4.78, 5) is 32.9. The second-order valence-corrected chi connectivity index (χ2v) is 10.3. The van der Waals surface area contributed by atoms with E-state index in [4.69, 9.17) is 9.37 Å². The number of nitrogens with zero attached hydrogens (tertiary/aromatic N) is 5. The summed E-state index contributed by atoms with van der Waals surface area (Å²) in [7, 11) is 2.06. The van der Waals surface area contributed by atoms with Crippen molar-refractivity contribution in [1.82, 2.24) is 20.1 Å². The molecular weight excluding hydrogens is 482 g/mol. The number of carbonyl (C=O) groups is 2. The highest BCUT2D eigenvalue weighted by atomic mass is 16.6. The number of fused-ring (bicyclic) bond motifs is 1. The molecule has 38 heavy (non-hydrogen) atoms. The fourth-order valence-corrected chi connectivity index (χ4v) is 4.52. The molecule has 0 unspecified atom stereocenters. The van der Waals surface area contributed by atoms with Gasteiger partial charge in [-0.2, -0.15) is 0 Å². The van der Waals surface area contributed by atoms with Gasteiger partial charge in [-0.1, -0.05) is 42.4 Å². The van der Waals surface area contributed by atoms with Crippen molar-refractivity contribution in [2.45, 2.75) is 46.8 Å². The fourth-order valence-electron chi connectivity index (χ4n) is 4.52. The molecule has 0 fully saturated rings. The van der Waals surface area contributed by atoms with Gasteiger partial charge in [0.25, 0.3) is 5.91 Å². The van der Waals surface area contributed by atoms with Gasteiger partial charge in [-0.3, -0.25) is 9.59 Å². The number of hydrogen-bond donors (Lipinski definition) is 0. The summed E-state index contributed by atoms with van der Waals surface area (Å²) in [6.07, 6.45) is 1.36. The molecule has 0 radical (unpaired) electrons. The molecule has 202 valence electrons. The predicted molar refractivity (Wildman–Crippen MR) is 145 cm³/mol. The monoisotopic (exact) mass is 519 g/mol. The minimum Gasteiger partial charge on any atom is -0.487 e. The fraction of sp³-hybridized carbons (Fsp3) is 0.448. The Morgan fingerprint density at radius 3 is 2.47 bits per heavy atom. The third-order valence-electron chi connectivity index (χ3n) is 6.71. The molecule has 0 N–H and O–H groups in total. The van der Waals surface area contributed by atoms with Crippen molar-refractivity contribution in [2.75, 3.05) is 38.1 Å². The van der Waals surface area contributed by atoms with Crippen LogP contribution in [0.4, 0.5) is 5.69 Å². The zero-order chi connectivity index (χ0) is 27.1. The molecule has 2 heterocycles. The highest BCUT2D eigenvalue weighted by molar-refractivity contribution is 5.95. The maximum absolute atomic E-state index is 13.7. The van der Waals surface area contributed by atoms with Crippen molar-refractivity contribution in [2.24, 2.45) is 5.92 Å². The van der Waals surface area contributed by atoms with Crippen molar-refractivity contribution in [1.29, 1.82) is 0 Å². The van der Waals surface area contributed by atoms with Gasteiger partial charge >= 0.3 is 0 Å². The number of para-hydroxylation sites is 1. The Kier molecular flexibility index (Phi) is 9.12. The van der Waals surface area contributed by atoms with Crippen LogP contribution in [0, 0.1) is 12.8 Å². The van der Waals surface area contributed by atoms with E-state index in [0.29, 0.717) is 48.8 Å². The smallest absolute Gasteiger partial charge is 0.254 e. The first-order valence-electron chi connectivity index (χ1n) is 13.2. The summed E-state index contributed by atoms with van der Waals surface area (Å²) in [6, 6.07) is 15.1. The number of carbonyl (C=O) groups excluding carboxylic acids is 2. The summed E-state index contributed by atoms with van der Waals surface area (Å²) in [6.45, 7) is 9.44. The molecule has 9 heteroatoms. The molecule has 4 rings (SSSR count). The van der Waals surface area contributed by atoms with Gasteiger partial charge in [0.1, 0.15) is 23.7 Å². The lowest BCUT2D eigenvalue weighted by Gasteiger charge is -2.28. The summed E-state index contributed by atoms with van der Waals surface area (Å²) < 4.78 is 10.5. The lowest BCUT2D eigenvalue weighted by atomic mass is 10.1. The number of likely N-dealkylation sites (N-methyl/N-ethyl adjacent to an activating group) is 1. The first-order chi connectivity index (χ1) is 18.3. The molecule has 2 aromatic carbocycles. The maximum Gasteiger partial charge on any atom is 0.254 e. The number of amides is 2. The standard InChI is InChI=1S/C29H37N5O4/c1-21(2)18-28(35)34-15-7-14-32(4)16-17-33(19-24-8-5-6-9-27(24)34)29(36)23-10-12-25(13-11-23)37-20-26-22(3)30-38-31-26/h5-6,8-13,21H,7,14-20H2,1-4H3. The van der Waals surface area contributed by atoms with E-state index in [1.807, 2.05) is 41.0 Å². The van der Waals surface area contributed by atoms with Crippen LogP contribution in [-0.4, -0.2) is 65.2 Å². The van der Waals surface area contributed by atoms with E-state index in [2.05, 4.69) is 36.1 Å². The lowest BCUT2D eigenvalue weighted by molar-refractivity contribution is -0.119. The average molecular weight is 520 g/mol. The van der Waals surface area contributed by atoms with Crippen molar-refractivity contribution in [3.05, 3.63) is 71.0 Å². The van der Waals surface area contributed by atoms with E-state index in [1.165, 1.54) is 0 Å². The zero-order valence-electron chi connectivity index (χ0n) is 22.7. The Morgan fingerprint density at radius 2 is 1.76 bits per heavy atom. The van der Waals surface area contributed by atoms with E-state index in [1.54, 1.807) is 24.3 Å². The summed E-state index contributed by atoms with van der Waals surface area (Å²) in [5.74, 6) is 0.970. The molecule has 0 aliphatic carbocycles. The van der Waals surface area contributed by atoms with Gasteiger partial charge in [0, 0.05) is 43.9 Å². The molecule has 1 aliphatic rings. The summed E-state index contributed by atoms with van der Waals surface area (Å²) in [5, 5.41) is 7.59. The summed E-state index contributed by atoms with van der Waals surface area (Å²) >= 11 is 0. The minimum absolute atomic E-state index is 0.0596. The number of aromatic nitrogens is 2. The predicted octanol–water partition coefficient (Wildman–Crippen LogP) is 4.31. The molecule has 3 aromatic rings. The molecule has 0 spiro atoms. The SMILES string of the molecule is Cc1nonc1COc1ccc(C(=O)N2CCN(C)CCCN(C(=O)CC(C)C)c3ccccc3C2)cc1. The van der Waals surface area contributed by atoms with Gasteiger partial charge in [-0.25, -0.2) is 4.63 Å². The highest BCUT2D eigenvalue weighted by Crippen LogP contribution is 2.26. The normalized spacial score (nSPS) is 15.2. The maximum atomic E-state index is 13.7. The molecule has 0 saturated carbocycles. The van der Waals surface area contributed by atoms with Gasteiger partial charge in [0.05, 0.1) is 0 Å². The van der Waals surface area contributed by atoms with E-state index in [9.17, 15) is 9.59 Å². The van der Waals surface area contributed by atoms with Crippen LogP contribution in [0.5, 0.6) is 5.75 Å². The van der Waals surface area contributed by atoms with Crippen LogP contribution in [0.2, 0.25) is 0 Å². The first kappa shape index (κ1) is 27.3. The van der Waals surface area contributed by atoms with Crippen molar-refractivity contribution >= 4 is 17.5 Å². The number of benzene rings is 2. The Bertz CT molecular complexity index is 1220. The van der Waals surface area contributed by atoms with Gasteiger partial charge in [0.2, 0.25) is 5.91 Å².